The molecule has 0 fully saturated rings. The summed E-state index contributed by atoms with van der Waals surface area (Å²) in [6, 6.07) is 6.93. The Morgan fingerprint density at radius 1 is 1.48 bits per heavy atom. The van der Waals surface area contributed by atoms with Gasteiger partial charge in [0.15, 0.2) is 0 Å². The van der Waals surface area contributed by atoms with Gasteiger partial charge in [0, 0.05) is 18.7 Å². The number of hydrogen-bond acceptors (Lipinski definition) is 4. The van der Waals surface area contributed by atoms with E-state index >= 15 is 0 Å². The van der Waals surface area contributed by atoms with Gasteiger partial charge in [-0.3, -0.25) is 9.69 Å². The first kappa shape index (κ1) is 17.6. The highest BCUT2D eigenvalue weighted by atomic mass is 32.1. The summed E-state index contributed by atoms with van der Waals surface area (Å²) in [5, 5.41) is 11.8. The molecule has 0 saturated heterocycles. The van der Waals surface area contributed by atoms with E-state index < -0.39 is 0 Å². The quantitative estimate of drug-likeness (QED) is 0.632. The van der Waals surface area contributed by atoms with Gasteiger partial charge in [-0.25, -0.2) is 0 Å². The minimum Gasteiger partial charge on any atom is -0.396 e. The Morgan fingerprint density at radius 3 is 2.71 bits per heavy atom. The number of aliphatic hydroxyl groups excluding tert-OH is 1. The lowest BCUT2D eigenvalue weighted by Crippen LogP contribution is -2.42. The molecule has 6 heteroatoms. The van der Waals surface area contributed by atoms with Crippen molar-refractivity contribution in [2.45, 2.75) is 26.3 Å². The summed E-state index contributed by atoms with van der Waals surface area (Å²) in [5.41, 5.74) is 6.94. The molecule has 4 N–H and O–H groups in total. The average Bonchev–Trinajstić information content (AvgIpc) is 2.48. The lowest BCUT2D eigenvalue weighted by atomic mass is 10.1. The molecule has 1 aromatic rings. The van der Waals surface area contributed by atoms with Crippen LogP contribution < -0.4 is 11.1 Å². The summed E-state index contributed by atoms with van der Waals surface area (Å²) in [5.74, 6) is -0.113. The molecule has 1 atom stereocenters. The molecule has 0 heterocycles. The Morgan fingerprint density at radius 2 is 2.14 bits per heavy atom. The molecule has 1 rings (SSSR count). The van der Waals surface area contributed by atoms with Crippen molar-refractivity contribution >= 4 is 28.8 Å². The minimum absolute atomic E-state index is 0.113. The third-order valence-corrected chi connectivity index (χ3v) is 3.61. The van der Waals surface area contributed by atoms with Crippen LogP contribution in [0.4, 0.5) is 5.69 Å². The maximum atomic E-state index is 12.4. The highest BCUT2D eigenvalue weighted by Gasteiger charge is 2.20. The van der Waals surface area contributed by atoms with Crippen LogP contribution in [0.3, 0.4) is 0 Å². The molecular weight excluding hydrogens is 286 g/mol. The van der Waals surface area contributed by atoms with Crippen LogP contribution in [0, 0.1) is 0 Å². The summed E-state index contributed by atoms with van der Waals surface area (Å²) >= 11 is 4.99. The maximum Gasteiger partial charge on any atom is 0.241 e. The van der Waals surface area contributed by atoms with Crippen LogP contribution >= 0.6 is 12.2 Å². The molecule has 0 saturated carbocycles. The number of carbonyl (C=O) groups is 1. The van der Waals surface area contributed by atoms with Crippen molar-refractivity contribution in [3.05, 3.63) is 29.8 Å². The zero-order chi connectivity index (χ0) is 15.8. The molecule has 0 spiro atoms. The third kappa shape index (κ3) is 5.08. The van der Waals surface area contributed by atoms with Gasteiger partial charge in [0.1, 0.15) is 4.99 Å². The number of benzene rings is 1. The third-order valence-electron chi connectivity index (χ3n) is 3.39. The van der Waals surface area contributed by atoms with Gasteiger partial charge >= 0.3 is 0 Å². The van der Waals surface area contributed by atoms with Crippen LogP contribution in [0.1, 0.15) is 25.8 Å². The van der Waals surface area contributed by atoms with Gasteiger partial charge in [-0.05, 0) is 32.0 Å². The van der Waals surface area contributed by atoms with Crippen molar-refractivity contribution in [1.82, 2.24) is 4.90 Å². The van der Waals surface area contributed by atoms with Crippen LogP contribution in [-0.4, -0.2) is 46.6 Å². The Bertz CT molecular complexity index is 494. The highest BCUT2D eigenvalue weighted by Crippen LogP contribution is 2.16. The summed E-state index contributed by atoms with van der Waals surface area (Å²) < 4.78 is 0. The molecule has 21 heavy (non-hydrogen) atoms. The van der Waals surface area contributed by atoms with Gasteiger partial charge < -0.3 is 16.2 Å². The van der Waals surface area contributed by atoms with Crippen molar-refractivity contribution in [1.29, 1.82) is 0 Å². The van der Waals surface area contributed by atoms with Crippen LogP contribution in [0.15, 0.2) is 24.3 Å². The number of para-hydroxylation sites is 1. The monoisotopic (exact) mass is 309 g/mol. The number of likely N-dealkylation sites (N-methyl/N-ethyl adjacent to an activating group) is 1. The number of amides is 1. The number of thiocarbonyl (C=S) groups is 1. The molecule has 0 radical (unpaired) electrons. The normalized spacial score (nSPS) is 12.2. The highest BCUT2D eigenvalue weighted by molar-refractivity contribution is 7.80. The summed E-state index contributed by atoms with van der Waals surface area (Å²) in [6.45, 7) is 5.38. The van der Waals surface area contributed by atoms with E-state index in [4.69, 9.17) is 23.1 Å². The molecule has 1 unspecified atom stereocenters. The van der Waals surface area contributed by atoms with Crippen LogP contribution in [0.2, 0.25) is 0 Å². The molecule has 0 aliphatic carbocycles. The van der Waals surface area contributed by atoms with E-state index in [2.05, 4.69) is 5.32 Å². The van der Waals surface area contributed by atoms with Gasteiger partial charge in [0.2, 0.25) is 5.91 Å². The number of nitrogens with zero attached hydrogens (tertiary/aromatic N) is 1. The Kier molecular flexibility index (Phi) is 7.28. The van der Waals surface area contributed by atoms with Crippen molar-refractivity contribution in [3.8, 4) is 0 Å². The fraction of sp³-hybridized carbons (Fsp3) is 0.467. The second-order valence-corrected chi connectivity index (χ2v) is 5.22. The molecule has 0 aromatic heterocycles. The van der Waals surface area contributed by atoms with Crippen molar-refractivity contribution < 1.29 is 9.90 Å². The molecule has 1 aromatic carbocycles. The van der Waals surface area contributed by atoms with Gasteiger partial charge in [0.25, 0.3) is 0 Å². The summed E-state index contributed by atoms with van der Waals surface area (Å²) in [6.07, 6.45) is 0.648. The Balaban J connectivity index is 2.78. The zero-order valence-corrected chi connectivity index (χ0v) is 13.3. The zero-order valence-electron chi connectivity index (χ0n) is 12.5. The number of hydrogen-bond donors (Lipinski definition) is 3. The van der Waals surface area contributed by atoms with E-state index in [1.165, 1.54) is 0 Å². The fourth-order valence-corrected chi connectivity index (χ4v) is 2.29. The minimum atomic E-state index is -0.291. The number of nitrogens with two attached hydrogens (primary N) is 1. The van der Waals surface area contributed by atoms with Crippen LogP contribution in [0.25, 0.3) is 0 Å². The van der Waals surface area contributed by atoms with E-state index in [0.29, 0.717) is 24.2 Å². The van der Waals surface area contributed by atoms with E-state index in [9.17, 15) is 4.79 Å². The summed E-state index contributed by atoms with van der Waals surface area (Å²) in [7, 11) is 0. The first-order valence-corrected chi connectivity index (χ1v) is 7.46. The van der Waals surface area contributed by atoms with Crippen molar-refractivity contribution in [2.24, 2.45) is 5.73 Å². The molecule has 0 bridgehead atoms. The maximum absolute atomic E-state index is 12.4. The topological polar surface area (TPSA) is 78.6 Å². The predicted molar refractivity (Wildman–Crippen MR) is 89.4 cm³/mol. The smallest absolute Gasteiger partial charge is 0.241 e. The number of aliphatic hydroxyl groups is 1. The number of anilines is 1. The summed E-state index contributed by atoms with van der Waals surface area (Å²) in [4.78, 5) is 14.6. The van der Waals surface area contributed by atoms with Gasteiger partial charge in [-0.2, -0.15) is 0 Å². The van der Waals surface area contributed by atoms with Gasteiger partial charge in [0.05, 0.1) is 11.7 Å². The SMILES string of the molecule is CCN(CCCO)C(C)C(=O)Nc1ccccc1C(N)=S. The lowest BCUT2D eigenvalue weighted by molar-refractivity contribution is -0.120. The molecule has 0 aliphatic heterocycles. The van der Waals surface area contributed by atoms with Crippen LogP contribution in [0.5, 0.6) is 0 Å². The Hall–Kier alpha value is -1.50. The molecule has 116 valence electrons. The van der Waals surface area contributed by atoms with Gasteiger partial charge in [-0.15, -0.1) is 0 Å². The molecule has 1 amide bonds. The van der Waals surface area contributed by atoms with E-state index in [-0.39, 0.29) is 23.5 Å². The Labute approximate surface area is 131 Å². The molecular formula is C15H23N3O2S. The van der Waals surface area contributed by atoms with Gasteiger partial charge in [-0.1, -0.05) is 31.3 Å². The second kappa shape index (κ2) is 8.71. The largest absolute Gasteiger partial charge is 0.396 e. The lowest BCUT2D eigenvalue weighted by Gasteiger charge is -2.26. The molecule has 5 nitrogen and oxygen atoms in total. The number of carbonyl (C=O) groups excluding carboxylic acids is 1. The number of rotatable bonds is 8. The van der Waals surface area contributed by atoms with Crippen LogP contribution in [-0.2, 0) is 4.79 Å². The fourth-order valence-electron chi connectivity index (χ4n) is 2.11. The number of nitrogens with one attached hydrogen (secondary N) is 1. The van der Waals surface area contributed by atoms with Crippen molar-refractivity contribution in [2.75, 3.05) is 25.0 Å². The first-order chi connectivity index (χ1) is 10.0. The predicted octanol–water partition coefficient (Wildman–Crippen LogP) is 1.35. The van der Waals surface area contributed by atoms with E-state index in [1.54, 1.807) is 12.1 Å². The van der Waals surface area contributed by atoms with Crippen molar-refractivity contribution in [3.63, 3.8) is 0 Å². The van der Waals surface area contributed by atoms with E-state index in [1.807, 2.05) is 30.9 Å². The second-order valence-electron chi connectivity index (χ2n) is 4.78. The van der Waals surface area contributed by atoms with E-state index in [0.717, 1.165) is 6.54 Å². The average molecular weight is 309 g/mol. The molecule has 0 aliphatic rings. The standard InChI is InChI=1S/C15H23N3O2S/c1-3-18(9-6-10-19)11(2)15(20)17-13-8-5-4-7-12(13)14(16)21/h4-5,7-8,11,19H,3,6,9-10H2,1-2H3,(H2,16,21)(H,17,20). The first-order valence-electron chi connectivity index (χ1n) is 7.05.